The summed E-state index contributed by atoms with van der Waals surface area (Å²) >= 11 is 0. The van der Waals surface area contributed by atoms with Crippen molar-refractivity contribution in [2.24, 2.45) is 0 Å². The Hall–Kier alpha value is -2.04. The second-order valence-electron chi connectivity index (χ2n) is 3.81. The molecule has 84 valence electrons. The van der Waals surface area contributed by atoms with Crippen molar-refractivity contribution in [3.05, 3.63) is 29.6 Å². The van der Waals surface area contributed by atoms with Crippen molar-refractivity contribution in [3.8, 4) is 0 Å². The van der Waals surface area contributed by atoms with Crippen LogP contribution in [0.1, 0.15) is 11.4 Å². The van der Waals surface area contributed by atoms with Crippen LogP contribution in [0.15, 0.2) is 18.2 Å². The number of amides is 1. The van der Waals surface area contributed by atoms with E-state index >= 15 is 0 Å². The third kappa shape index (κ3) is 1.98. The number of hydrogen-bond donors (Lipinski definition) is 2. The van der Waals surface area contributed by atoms with Crippen LogP contribution >= 0.6 is 0 Å². The summed E-state index contributed by atoms with van der Waals surface area (Å²) in [7, 11) is 1.55. The van der Waals surface area contributed by atoms with E-state index in [0.29, 0.717) is 6.54 Å². The summed E-state index contributed by atoms with van der Waals surface area (Å²) < 4.78 is 0. The van der Waals surface area contributed by atoms with E-state index in [4.69, 9.17) is 5.11 Å². The van der Waals surface area contributed by atoms with Crippen molar-refractivity contribution < 1.29 is 9.90 Å². The van der Waals surface area contributed by atoms with Crippen LogP contribution in [-0.4, -0.2) is 33.1 Å². The number of aromatic nitrogens is 2. The quantitative estimate of drug-likeness (QED) is 0.811. The van der Waals surface area contributed by atoms with Gasteiger partial charge in [-0.05, 0) is 24.6 Å². The number of carbonyl (C=O) groups is 1. The molecule has 0 unspecified atom stereocenters. The van der Waals surface area contributed by atoms with Crippen LogP contribution < -0.4 is 0 Å². The third-order valence-corrected chi connectivity index (χ3v) is 2.41. The van der Waals surface area contributed by atoms with Gasteiger partial charge in [-0.1, -0.05) is 6.07 Å². The maximum atomic E-state index is 10.7. The van der Waals surface area contributed by atoms with Crippen LogP contribution in [0.5, 0.6) is 0 Å². The van der Waals surface area contributed by atoms with Gasteiger partial charge in [0.25, 0.3) is 0 Å². The largest absolute Gasteiger partial charge is 0.465 e. The Morgan fingerprint density at radius 1 is 1.56 bits per heavy atom. The first kappa shape index (κ1) is 10.5. The standard InChI is InChI=1S/C11H13N3O2/c1-7-12-9-4-3-8(5-10(9)13-7)6-14(2)11(15)16/h3-5H,6H2,1-2H3,(H,12,13)(H,15,16). The third-order valence-electron chi connectivity index (χ3n) is 2.41. The van der Waals surface area contributed by atoms with E-state index in [1.54, 1.807) is 7.05 Å². The normalized spacial score (nSPS) is 10.6. The number of hydrogen-bond acceptors (Lipinski definition) is 2. The first-order valence-electron chi connectivity index (χ1n) is 4.95. The van der Waals surface area contributed by atoms with Gasteiger partial charge in [0.2, 0.25) is 0 Å². The zero-order valence-electron chi connectivity index (χ0n) is 9.19. The lowest BCUT2D eigenvalue weighted by Gasteiger charge is -2.12. The SMILES string of the molecule is Cc1nc2ccc(CN(C)C(=O)O)cc2[nH]1. The van der Waals surface area contributed by atoms with Crippen molar-refractivity contribution in [3.63, 3.8) is 0 Å². The molecule has 2 N–H and O–H groups in total. The molecule has 1 amide bonds. The van der Waals surface area contributed by atoms with Crippen molar-refractivity contribution in [1.29, 1.82) is 0 Å². The Morgan fingerprint density at radius 3 is 3.00 bits per heavy atom. The maximum absolute atomic E-state index is 10.7. The molecule has 5 nitrogen and oxygen atoms in total. The summed E-state index contributed by atoms with van der Waals surface area (Å²) in [6, 6.07) is 5.71. The maximum Gasteiger partial charge on any atom is 0.407 e. The van der Waals surface area contributed by atoms with Gasteiger partial charge in [0.15, 0.2) is 0 Å². The number of H-pyrrole nitrogens is 1. The number of rotatable bonds is 2. The minimum atomic E-state index is -0.930. The highest BCUT2D eigenvalue weighted by Crippen LogP contribution is 2.14. The Balaban J connectivity index is 2.28. The molecule has 2 aromatic rings. The van der Waals surface area contributed by atoms with Crippen LogP contribution in [0.4, 0.5) is 4.79 Å². The van der Waals surface area contributed by atoms with Gasteiger partial charge in [-0.15, -0.1) is 0 Å². The fourth-order valence-electron chi connectivity index (χ4n) is 1.62. The molecule has 0 radical (unpaired) electrons. The van der Waals surface area contributed by atoms with E-state index in [2.05, 4.69) is 9.97 Å². The van der Waals surface area contributed by atoms with E-state index in [0.717, 1.165) is 22.4 Å². The zero-order chi connectivity index (χ0) is 11.7. The predicted molar refractivity (Wildman–Crippen MR) is 60.3 cm³/mol. The van der Waals surface area contributed by atoms with Gasteiger partial charge in [0, 0.05) is 13.6 Å². The lowest BCUT2D eigenvalue weighted by molar-refractivity contribution is 0.154. The average molecular weight is 219 g/mol. The van der Waals surface area contributed by atoms with Crippen LogP contribution in [0.2, 0.25) is 0 Å². The number of aromatic amines is 1. The number of nitrogens with one attached hydrogen (secondary N) is 1. The summed E-state index contributed by atoms with van der Waals surface area (Å²) in [4.78, 5) is 19.3. The lowest BCUT2D eigenvalue weighted by atomic mass is 10.2. The number of fused-ring (bicyclic) bond motifs is 1. The summed E-state index contributed by atoms with van der Waals surface area (Å²) in [5.41, 5.74) is 2.79. The second kappa shape index (κ2) is 3.84. The molecule has 2 rings (SSSR count). The Bertz CT molecular complexity index is 533. The summed E-state index contributed by atoms with van der Waals surface area (Å²) in [5.74, 6) is 0.860. The molecule has 0 atom stereocenters. The molecule has 1 aromatic heterocycles. The topological polar surface area (TPSA) is 69.2 Å². The molecule has 16 heavy (non-hydrogen) atoms. The van der Waals surface area contributed by atoms with Crippen LogP contribution in [0, 0.1) is 6.92 Å². The first-order chi connectivity index (χ1) is 7.56. The summed E-state index contributed by atoms with van der Waals surface area (Å²) in [5, 5.41) is 8.77. The molecular weight excluding hydrogens is 206 g/mol. The molecule has 0 aliphatic carbocycles. The van der Waals surface area contributed by atoms with Gasteiger partial charge >= 0.3 is 6.09 Å². The monoisotopic (exact) mass is 219 g/mol. The number of nitrogens with zero attached hydrogens (tertiary/aromatic N) is 2. The average Bonchev–Trinajstić information content (AvgIpc) is 2.57. The van der Waals surface area contributed by atoms with E-state index in [1.165, 1.54) is 4.90 Å². The molecule has 0 aliphatic heterocycles. The minimum absolute atomic E-state index is 0.378. The number of aryl methyl sites for hydroxylation is 1. The number of benzene rings is 1. The molecule has 0 fully saturated rings. The van der Waals surface area contributed by atoms with E-state index in [-0.39, 0.29) is 0 Å². The Labute approximate surface area is 92.7 Å². The van der Waals surface area contributed by atoms with Crippen LogP contribution in [0.3, 0.4) is 0 Å². The van der Waals surface area contributed by atoms with Gasteiger partial charge < -0.3 is 15.0 Å². The molecule has 0 saturated heterocycles. The molecule has 1 heterocycles. The fourth-order valence-corrected chi connectivity index (χ4v) is 1.62. The van der Waals surface area contributed by atoms with Gasteiger partial charge in [-0.25, -0.2) is 9.78 Å². The molecule has 5 heteroatoms. The van der Waals surface area contributed by atoms with Crippen molar-refractivity contribution >= 4 is 17.1 Å². The predicted octanol–water partition coefficient (Wildman–Crippen LogP) is 1.98. The molecule has 1 aromatic carbocycles. The molecule has 0 aliphatic rings. The fraction of sp³-hybridized carbons (Fsp3) is 0.273. The number of imidazole rings is 1. The first-order valence-corrected chi connectivity index (χ1v) is 4.95. The number of carboxylic acid groups (broad SMARTS) is 1. The summed E-state index contributed by atoms with van der Waals surface area (Å²) in [6.07, 6.45) is -0.930. The van der Waals surface area contributed by atoms with Gasteiger partial charge in [-0.3, -0.25) is 0 Å². The minimum Gasteiger partial charge on any atom is -0.465 e. The molecule has 0 saturated carbocycles. The Kier molecular flexibility index (Phi) is 2.52. The van der Waals surface area contributed by atoms with Crippen molar-refractivity contribution in [2.45, 2.75) is 13.5 Å². The van der Waals surface area contributed by atoms with Crippen LogP contribution in [-0.2, 0) is 6.54 Å². The molecule has 0 spiro atoms. The highest BCUT2D eigenvalue weighted by molar-refractivity contribution is 5.76. The zero-order valence-corrected chi connectivity index (χ0v) is 9.19. The second-order valence-corrected chi connectivity index (χ2v) is 3.81. The lowest BCUT2D eigenvalue weighted by Crippen LogP contribution is -2.23. The van der Waals surface area contributed by atoms with E-state index in [9.17, 15) is 4.79 Å². The highest BCUT2D eigenvalue weighted by atomic mass is 16.4. The molecule has 0 bridgehead atoms. The smallest absolute Gasteiger partial charge is 0.407 e. The Morgan fingerprint density at radius 2 is 2.31 bits per heavy atom. The molecular formula is C11H13N3O2. The highest BCUT2D eigenvalue weighted by Gasteiger charge is 2.07. The van der Waals surface area contributed by atoms with Gasteiger partial charge in [0.05, 0.1) is 11.0 Å². The van der Waals surface area contributed by atoms with Gasteiger partial charge in [-0.2, -0.15) is 0 Å². The van der Waals surface area contributed by atoms with E-state index < -0.39 is 6.09 Å². The van der Waals surface area contributed by atoms with Crippen molar-refractivity contribution in [1.82, 2.24) is 14.9 Å². The summed E-state index contributed by atoms with van der Waals surface area (Å²) in [6.45, 7) is 2.27. The van der Waals surface area contributed by atoms with Crippen LogP contribution in [0.25, 0.3) is 11.0 Å². The van der Waals surface area contributed by atoms with E-state index in [1.807, 2.05) is 25.1 Å². The van der Waals surface area contributed by atoms with Crippen molar-refractivity contribution in [2.75, 3.05) is 7.05 Å². The van der Waals surface area contributed by atoms with Gasteiger partial charge in [0.1, 0.15) is 5.82 Å².